The Kier molecular flexibility index (Phi) is 4.02. The maximum Gasteiger partial charge on any atom is 0.198 e. The topological polar surface area (TPSA) is 34.1 Å². The number of rotatable bonds is 5. The SMILES string of the molecule is O=[C]CCc1cccc(C(=O)c2ccccc2)c1. The molecule has 0 amide bonds. The van der Waals surface area contributed by atoms with E-state index >= 15 is 0 Å². The molecule has 0 atom stereocenters. The van der Waals surface area contributed by atoms with Gasteiger partial charge < -0.3 is 0 Å². The minimum atomic E-state index is 0.00697. The maximum absolute atomic E-state index is 12.2. The molecule has 0 fully saturated rings. The summed E-state index contributed by atoms with van der Waals surface area (Å²) in [7, 11) is 0. The van der Waals surface area contributed by atoms with E-state index < -0.39 is 0 Å². The quantitative estimate of drug-likeness (QED) is 0.749. The third-order valence-electron chi connectivity index (χ3n) is 2.74. The zero-order valence-corrected chi connectivity index (χ0v) is 9.93. The van der Waals surface area contributed by atoms with E-state index in [0.29, 0.717) is 24.0 Å². The van der Waals surface area contributed by atoms with Crippen molar-refractivity contribution >= 4 is 12.1 Å². The first-order chi connectivity index (χ1) is 8.81. The molecule has 89 valence electrons. The molecule has 0 saturated heterocycles. The number of benzene rings is 2. The molecule has 2 heteroatoms. The summed E-state index contributed by atoms with van der Waals surface area (Å²) in [6.45, 7) is 0. The summed E-state index contributed by atoms with van der Waals surface area (Å²) < 4.78 is 0. The minimum absolute atomic E-state index is 0.00697. The van der Waals surface area contributed by atoms with Crippen molar-refractivity contribution in [2.45, 2.75) is 12.8 Å². The lowest BCUT2D eigenvalue weighted by atomic mass is 10.00. The lowest BCUT2D eigenvalue weighted by Gasteiger charge is -2.03. The zero-order chi connectivity index (χ0) is 12.8. The van der Waals surface area contributed by atoms with Crippen molar-refractivity contribution in [3.8, 4) is 0 Å². The van der Waals surface area contributed by atoms with Crippen molar-refractivity contribution in [2.24, 2.45) is 0 Å². The van der Waals surface area contributed by atoms with E-state index in [2.05, 4.69) is 0 Å². The Morgan fingerprint density at radius 3 is 2.39 bits per heavy atom. The molecule has 2 nitrogen and oxygen atoms in total. The molecule has 0 aliphatic carbocycles. The van der Waals surface area contributed by atoms with Crippen LogP contribution in [0.2, 0.25) is 0 Å². The van der Waals surface area contributed by atoms with Gasteiger partial charge >= 0.3 is 0 Å². The highest BCUT2D eigenvalue weighted by atomic mass is 16.1. The third kappa shape index (κ3) is 2.92. The fourth-order valence-electron chi connectivity index (χ4n) is 1.82. The van der Waals surface area contributed by atoms with Gasteiger partial charge in [0.15, 0.2) is 12.1 Å². The lowest BCUT2D eigenvalue weighted by molar-refractivity contribution is 0.103. The summed E-state index contributed by atoms with van der Waals surface area (Å²) in [6.07, 6.45) is 2.85. The Morgan fingerprint density at radius 1 is 0.944 bits per heavy atom. The van der Waals surface area contributed by atoms with Crippen LogP contribution in [0.5, 0.6) is 0 Å². The van der Waals surface area contributed by atoms with Gasteiger partial charge in [-0.05, 0) is 18.1 Å². The molecule has 2 aromatic rings. The van der Waals surface area contributed by atoms with Gasteiger partial charge in [-0.15, -0.1) is 0 Å². The number of hydrogen-bond acceptors (Lipinski definition) is 2. The number of carbonyl (C=O) groups is 1. The molecule has 2 aromatic carbocycles. The number of carbonyl (C=O) groups excluding carboxylic acids is 2. The first-order valence-electron chi connectivity index (χ1n) is 5.85. The van der Waals surface area contributed by atoms with Crippen LogP contribution < -0.4 is 0 Å². The Balaban J connectivity index is 2.23. The van der Waals surface area contributed by atoms with Crippen LogP contribution in [0.15, 0.2) is 54.6 Å². The molecule has 0 spiro atoms. The van der Waals surface area contributed by atoms with Crippen LogP contribution in [0.3, 0.4) is 0 Å². The molecule has 1 radical (unpaired) electrons. The van der Waals surface area contributed by atoms with E-state index in [1.54, 1.807) is 18.2 Å². The van der Waals surface area contributed by atoms with Crippen molar-refractivity contribution < 1.29 is 9.59 Å². The van der Waals surface area contributed by atoms with Gasteiger partial charge in [0.05, 0.1) is 0 Å². The summed E-state index contributed by atoms with van der Waals surface area (Å²) in [6, 6.07) is 16.6. The number of hydrogen-bond donors (Lipinski definition) is 0. The van der Waals surface area contributed by atoms with Gasteiger partial charge in [-0.2, -0.15) is 0 Å². The van der Waals surface area contributed by atoms with E-state index in [1.165, 1.54) is 0 Å². The Labute approximate surface area is 106 Å². The molecular formula is C16H13O2. The fraction of sp³-hybridized carbons (Fsp3) is 0.125. The molecule has 0 aliphatic rings. The van der Waals surface area contributed by atoms with E-state index in [4.69, 9.17) is 0 Å². The largest absolute Gasteiger partial charge is 0.291 e. The second-order valence-corrected chi connectivity index (χ2v) is 4.04. The maximum atomic E-state index is 12.2. The van der Waals surface area contributed by atoms with Crippen molar-refractivity contribution in [3.63, 3.8) is 0 Å². The first-order valence-corrected chi connectivity index (χ1v) is 5.85. The van der Waals surface area contributed by atoms with Crippen molar-refractivity contribution in [1.29, 1.82) is 0 Å². The van der Waals surface area contributed by atoms with Crippen LogP contribution in [0.25, 0.3) is 0 Å². The van der Waals surface area contributed by atoms with Gasteiger partial charge in [0.25, 0.3) is 0 Å². The van der Waals surface area contributed by atoms with Gasteiger partial charge in [0.2, 0.25) is 0 Å². The van der Waals surface area contributed by atoms with E-state index in [-0.39, 0.29) is 5.78 Å². The van der Waals surface area contributed by atoms with E-state index in [0.717, 1.165) is 5.56 Å². The van der Waals surface area contributed by atoms with Crippen LogP contribution in [0, 0.1) is 0 Å². The first kappa shape index (κ1) is 12.2. The molecule has 2 rings (SSSR count). The highest BCUT2D eigenvalue weighted by molar-refractivity contribution is 6.09. The van der Waals surface area contributed by atoms with Gasteiger partial charge in [-0.3, -0.25) is 9.59 Å². The van der Waals surface area contributed by atoms with Crippen LogP contribution >= 0.6 is 0 Å². The summed E-state index contributed by atoms with van der Waals surface area (Å²) in [5.41, 5.74) is 2.32. The fourth-order valence-corrected chi connectivity index (χ4v) is 1.82. The Hall–Kier alpha value is -2.22. The standard InChI is InChI=1S/C16H13O2/c17-11-5-7-13-6-4-10-15(12-13)16(18)14-8-2-1-3-9-14/h1-4,6,8-10,12H,5,7H2. The van der Waals surface area contributed by atoms with E-state index in [9.17, 15) is 9.59 Å². The molecule has 0 saturated carbocycles. The van der Waals surface area contributed by atoms with Crippen molar-refractivity contribution in [3.05, 3.63) is 71.3 Å². The third-order valence-corrected chi connectivity index (χ3v) is 2.74. The summed E-state index contributed by atoms with van der Waals surface area (Å²) in [5, 5.41) is 0. The Morgan fingerprint density at radius 2 is 1.67 bits per heavy atom. The molecule has 18 heavy (non-hydrogen) atoms. The van der Waals surface area contributed by atoms with Crippen LogP contribution in [0.1, 0.15) is 27.9 Å². The van der Waals surface area contributed by atoms with Crippen molar-refractivity contribution in [2.75, 3.05) is 0 Å². The Bertz CT molecular complexity index is 544. The summed E-state index contributed by atoms with van der Waals surface area (Å²) in [4.78, 5) is 22.4. The second-order valence-electron chi connectivity index (χ2n) is 4.04. The lowest BCUT2D eigenvalue weighted by Crippen LogP contribution is -2.01. The minimum Gasteiger partial charge on any atom is -0.291 e. The van der Waals surface area contributed by atoms with Crippen LogP contribution in [-0.4, -0.2) is 12.1 Å². The average Bonchev–Trinajstić information content (AvgIpc) is 2.45. The monoisotopic (exact) mass is 237 g/mol. The van der Waals surface area contributed by atoms with Crippen LogP contribution in [-0.2, 0) is 11.2 Å². The molecule has 0 heterocycles. The second kappa shape index (κ2) is 5.92. The molecular weight excluding hydrogens is 224 g/mol. The smallest absolute Gasteiger partial charge is 0.198 e. The van der Waals surface area contributed by atoms with Gasteiger partial charge in [0, 0.05) is 17.5 Å². The highest BCUT2D eigenvalue weighted by Crippen LogP contribution is 2.12. The summed E-state index contributed by atoms with van der Waals surface area (Å²) >= 11 is 0. The normalized spacial score (nSPS) is 10.0. The number of ketones is 1. The predicted molar refractivity (Wildman–Crippen MR) is 70.3 cm³/mol. The van der Waals surface area contributed by atoms with E-state index in [1.807, 2.05) is 42.7 Å². The number of aryl methyl sites for hydroxylation is 1. The molecule has 0 bridgehead atoms. The molecule has 0 unspecified atom stereocenters. The highest BCUT2D eigenvalue weighted by Gasteiger charge is 2.08. The predicted octanol–water partition coefficient (Wildman–Crippen LogP) is 2.96. The zero-order valence-electron chi connectivity index (χ0n) is 9.93. The average molecular weight is 237 g/mol. The van der Waals surface area contributed by atoms with Gasteiger partial charge in [-0.1, -0.05) is 48.5 Å². The summed E-state index contributed by atoms with van der Waals surface area (Å²) in [5.74, 6) is 0.00697. The van der Waals surface area contributed by atoms with Crippen LogP contribution in [0.4, 0.5) is 0 Å². The molecule has 0 N–H and O–H groups in total. The van der Waals surface area contributed by atoms with Gasteiger partial charge in [-0.25, -0.2) is 0 Å². The van der Waals surface area contributed by atoms with Crippen molar-refractivity contribution in [1.82, 2.24) is 0 Å². The van der Waals surface area contributed by atoms with Gasteiger partial charge in [0.1, 0.15) is 0 Å². The molecule has 0 aliphatic heterocycles. The molecule has 0 aromatic heterocycles.